The number of carbonyl (C=O) groups is 2. The third-order valence-corrected chi connectivity index (χ3v) is 2.49. The van der Waals surface area contributed by atoms with Crippen LogP contribution in [0.1, 0.15) is 17.3 Å². The molecule has 1 heterocycles. The van der Waals surface area contributed by atoms with Crippen LogP contribution >= 0.6 is 0 Å². The van der Waals surface area contributed by atoms with Crippen molar-refractivity contribution in [1.29, 1.82) is 0 Å². The third-order valence-electron chi connectivity index (χ3n) is 2.49. The fourth-order valence-electron chi connectivity index (χ4n) is 1.52. The van der Waals surface area contributed by atoms with Gasteiger partial charge in [-0.15, -0.1) is 0 Å². The van der Waals surface area contributed by atoms with Crippen molar-refractivity contribution in [2.75, 3.05) is 0 Å². The number of aromatic nitrogens is 1. The van der Waals surface area contributed by atoms with Gasteiger partial charge in [-0.2, -0.15) is 0 Å². The standard InChI is InChI=1S/C12H12N2O3/c1-7(11(13)15)17-12(16)9-6-14-10-5-3-2-4-8(9)10/h2-7,14H,1H3,(H2,13,15)/t7-/m1/s1. The van der Waals surface area contributed by atoms with Crippen molar-refractivity contribution in [3.05, 3.63) is 36.0 Å². The number of rotatable bonds is 3. The molecule has 0 saturated carbocycles. The fourth-order valence-corrected chi connectivity index (χ4v) is 1.52. The Balaban J connectivity index is 2.28. The molecule has 0 aliphatic rings. The molecule has 2 rings (SSSR count). The Morgan fingerprint density at radius 2 is 2.06 bits per heavy atom. The van der Waals surface area contributed by atoms with Gasteiger partial charge in [0.2, 0.25) is 0 Å². The molecular weight excluding hydrogens is 220 g/mol. The van der Waals surface area contributed by atoms with E-state index in [1.54, 1.807) is 12.3 Å². The van der Waals surface area contributed by atoms with Crippen molar-refractivity contribution in [2.45, 2.75) is 13.0 Å². The van der Waals surface area contributed by atoms with Crippen LogP contribution in [0.3, 0.4) is 0 Å². The zero-order valence-corrected chi connectivity index (χ0v) is 9.27. The number of benzene rings is 1. The summed E-state index contributed by atoms with van der Waals surface area (Å²) < 4.78 is 4.93. The molecule has 0 aliphatic carbocycles. The van der Waals surface area contributed by atoms with Gasteiger partial charge in [0.05, 0.1) is 5.56 Å². The predicted octanol–water partition coefficient (Wildman–Crippen LogP) is 1.20. The minimum absolute atomic E-state index is 0.397. The van der Waals surface area contributed by atoms with E-state index in [4.69, 9.17) is 10.5 Å². The molecule has 1 amide bonds. The molecule has 88 valence electrons. The number of fused-ring (bicyclic) bond motifs is 1. The van der Waals surface area contributed by atoms with Crippen LogP contribution in [0.2, 0.25) is 0 Å². The van der Waals surface area contributed by atoms with Gasteiger partial charge in [-0.25, -0.2) is 4.79 Å². The second-order valence-corrected chi connectivity index (χ2v) is 3.70. The molecule has 1 aromatic carbocycles. The van der Waals surface area contributed by atoms with Crippen molar-refractivity contribution >= 4 is 22.8 Å². The molecule has 0 bridgehead atoms. The number of esters is 1. The van der Waals surface area contributed by atoms with E-state index in [1.165, 1.54) is 6.92 Å². The van der Waals surface area contributed by atoms with Crippen LogP contribution in [0.15, 0.2) is 30.5 Å². The van der Waals surface area contributed by atoms with Crippen molar-refractivity contribution in [3.63, 3.8) is 0 Å². The Labute approximate surface area is 97.6 Å². The van der Waals surface area contributed by atoms with Crippen molar-refractivity contribution in [2.24, 2.45) is 5.73 Å². The van der Waals surface area contributed by atoms with E-state index in [1.807, 2.05) is 18.2 Å². The lowest BCUT2D eigenvalue weighted by Crippen LogP contribution is -2.30. The van der Waals surface area contributed by atoms with Gasteiger partial charge < -0.3 is 15.5 Å². The van der Waals surface area contributed by atoms with E-state index in [0.29, 0.717) is 5.56 Å². The highest BCUT2D eigenvalue weighted by Crippen LogP contribution is 2.18. The number of amides is 1. The first-order valence-corrected chi connectivity index (χ1v) is 5.16. The number of nitrogens with one attached hydrogen (secondary N) is 1. The summed E-state index contributed by atoms with van der Waals surface area (Å²) in [4.78, 5) is 25.5. The first kappa shape index (κ1) is 11.2. The lowest BCUT2D eigenvalue weighted by Gasteiger charge is -2.08. The molecule has 17 heavy (non-hydrogen) atoms. The summed E-state index contributed by atoms with van der Waals surface area (Å²) in [5.41, 5.74) is 6.26. The second-order valence-electron chi connectivity index (χ2n) is 3.70. The lowest BCUT2D eigenvalue weighted by molar-refractivity contribution is -0.125. The van der Waals surface area contributed by atoms with Crippen molar-refractivity contribution < 1.29 is 14.3 Å². The topological polar surface area (TPSA) is 85.2 Å². The number of primary amides is 1. The van der Waals surface area contributed by atoms with E-state index in [0.717, 1.165) is 10.9 Å². The Hall–Kier alpha value is -2.30. The SMILES string of the molecule is C[C@@H](OC(=O)c1c[nH]c2ccccc12)C(N)=O. The van der Waals surface area contributed by atoms with Crippen LogP contribution < -0.4 is 5.73 Å². The van der Waals surface area contributed by atoms with Crippen molar-refractivity contribution in [1.82, 2.24) is 4.98 Å². The molecule has 0 unspecified atom stereocenters. The molecule has 1 atom stereocenters. The normalized spacial score (nSPS) is 12.3. The van der Waals surface area contributed by atoms with Gasteiger partial charge in [-0.05, 0) is 13.0 Å². The van der Waals surface area contributed by atoms with E-state index < -0.39 is 18.0 Å². The molecular formula is C12H12N2O3. The summed E-state index contributed by atoms with van der Waals surface area (Å²) in [5, 5.41) is 0.758. The molecule has 2 aromatic rings. The number of nitrogens with two attached hydrogens (primary N) is 1. The highest BCUT2D eigenvalue weighted by atomic mass is 16.5. The van der Waals surface area contributed by atoms with Gasteiger partial charge in [-0.3, -0.25) is 4.79 Å². The number of hydrogen-bond acceptors (Lipinski definition) is 3. The summed E-state index contributed by atoms with van der Waals surface area (Å²) >= 11 is 0. The molecule has 3 N–H and O–H groups in total. The van der Waals surface area contributed by atoms with Crippen LogP contribution in [0.25, 0.3) is 10.9 Å². The molecule has 0 spiro atoms. The number of ether oxygens (including phenoxy) is 1. The monoisotopic (exact) mass is 232 g/mol. The minimum atomic E-state index is -0.934. The zero-order chi connectivity index (χ0) is 12.4. The maximum Gasteiger partial charge on any atom is 0.341 e. The molecule has 5 heteroatoms. The molecule has 0 saturated heterocycles. The summed E-state index contributed by atoms with van der Waals surface area (Å²) in [5.74, 6) is -1.23. The van der Waals surface area contributed by atoms with Crippen LogP contribution in [0.5, 0.6) is 0 Å². The van der Waals surface area contributed by atoms with Gasteiger partial charge in [-0.1, -0.05) is 18.2 Å². The van der Waals surface area contributed by atoms with Gasteiger partial charge in [0.15, 0.2) is 6.10 Å². The van der Waals surface area contributed by atoms with Gasteiger partial charge in [0.1, 0.15) is 0 Å². The number of para-hydroxylation sites is 1. The minimum Gasteiger partial charge on any atom is -0.449 e. The summed E-state index contributed by atoms with van der Waals surface area (Å²) in [6.07, 6.45) is 0.622. The Kier molecular flexibility index (Phi) is 2.82. The summed E-state index contributed by atoms with van der Waals surface area (Å²) in [6, 6.07) is 7.34. The predicted molar refractivity (Wildman–Crippen MR) is 62.4 cm³/mol. The lowest BCUT2D eigenvalue weighted by atomic mass is 10.2. The van der Waals surface area contributed by atoms with Crippen LogP contribution in [-0.2, 0) is 9.53 Å². The van der Waals surface area contributed by atoms with Gasteiger partial charge in [0, 0.05) is 17.1 Å². The maximum atomic E-state index is 11.8. The number of H-pyrrole nitrogens is 1. The first-order valence-electron chi connectivity index (χ1n) is 5.16. The largest absolute Gasteiger partial charge is 0.449 e. The highest BCUT2D eigenvalue weighted by Gasteiger charge is 2.18. The molecule has 5 nitrogen and oxygen atoms in total. The second kappa shape index (κ2) is 4.29. The molecule has 0 aliphatic heterocycles. The van der Waals surface area contributed by atoms with Crippen molar-refractivity contribution in [3.8, 4) is 0 Å². The quantitative estimate of drug-likeness (QED) is 0.779. The zero-order valence-electron chi connectivity index (χ0n) is 9.27. The third kappa shape index (κ3) is 2.13. The van der Waals surface area contributed by atoms with Gasteiger partial charge in [0.25, 0.3) is 5.91 Å². The Bertz CT molecular complexity index is 574. The average molecular weight is 232 g/mol. The summed E-state index contributed by atoms with van der Waals surface area (Å²) in [6.45, 7) is 1.44. The van der Waals surface area contributed by atoms with E-state index in [9.17, 15) is 9.59 Å². The summed E-state index contributed by atoms with van der Waals surface area (Å²) in [7, 11) is 0. The van der Waals surface area contributed by atoms with E-state index in [-0.39, 0.29) is 0 Å². The number of carbonyl (C=O) groups excluding carboxylic acids is 2. The van der Waals surface area contributed by atoms with E-state index in [2.05, 4.69) is 4.98 Å². The average Bonchev–Trinajstić information content (AvgIpc) is 2.72. The highest BCUT2D eigenvalue weighted by molar-refractivity contribution is 6.04. The molecule has 0 radical (unpaired) electrons. The number of aromatic amines is 1. The maximum absolute atomic E-state index is 11.8. The van der Waals surface area contributed by atoms with Crippen LogP contribution in [0.4, 0.5) is 0 Å². The molecule has 0 fully saturated rings. The van der Waals surface area contributed by atoms with E-state index >= 15 is 0 Å². The van der Waals surface area contributed by atoms with Crippen LogP contribution in [0, 0.1) is 0 Å². The Morgan fingerprint density at radius 1 is 1.35 bits per heavy atom. The number of hydrogen-bond donors (Lipinski definition) is 2. The van der Waals surface area contributed by atoms with Crippen LogP contribution in [-0.4, -0.2) is 23.0 Å². The van der Waals surface area contributed by atoms with Gasteiger partial charge >= 0.3 is 5.97 Å². The Morgan fingerprint density at radius 3 is 2.76 bits per heavy atom. The molecule has 1 aromatic heterocycles. The fraction of sp³-hybridized carbons (Fsp3) is 0.167. The smallest absolute Gasteiger partial charge is 0.341 e. The first-order chi connectivity index (χ1) is 8.09.